The van der Waals surface area contributed by atoms with Crippen LogP contribution in [0.4, 0.5) is 5.69 Å². The van der Waals surface area contributed by atoms with Crippen LogP contribution in [0, 0.1) is 6.92 Å². The Morgan fingerprint density at radius 2 is 1.77 bits per heavy atom. The van der Waals surface area contributed by atoms with Gasteiger partial charge in [0, 0.05) is 27.4 Å². The van der Waals surface area contributed by atoms with Crippen LogP contribution in [-0.4, -0.2) is 13.0 Å². The molecular formula is C24H21Cl2NO3. The van der Waals surface area contributed by atoms with Crippen LogP contribution in [0.15, 0.2) is 66.7 Å². The van der Waals surface area contributed by atoms with Crippen molar-refractivity contribution in [1.82, 2.24) is 0 Å². The first-order chi connectivity index (χ1) is 14.5. The van der Waals surface area contributed by atoms with Gasteiger partial charge in [-0.05, 0) is 54.5 Å². The fraction of sp³-hybridized carbons (Fsp3) is 0.125. The van der Waals surface area contributed by atoms with Crippen LogP contribution in [0.1, 0.15) is 16.7 Å². The summed E-state index contributed by atoms with van der Waals surface area (Å²) in [7, 11) is 1.58. The fourth-order valence-electron chi connectivity index (χ4n) is 2.78. The fourth-order valence-corrected chi connectivity index (χ4v) is 3.08. The summed E-state index contributed by atoms with van der Waals surface area (Å²) >= 11 is 11.9. The Bertz CT molecular complexity index is 1060. The van der Waals surface area contributed by atoms with E-state index in [0.717, 1.165) is 16.7 Å². The molecule has 0 radical (unpaired) electrons. The standard InChI is InChI=1S/C24H21Cl2NO3/c1-16-6-10-20(26)14-21(16)27-23(28)13-9-18-4-3-5-22(29-2)24(18)30-15-17-7-11-19(25)12-8-17/h3-14H,15H2,1-2H3,(H,27,28)/b13-9+. The van der Waals surface area contributed by atoms with Gasteiger partial charge in [0.25, 0.3) is 0 Å². The van der Waals surface area contributed by atoms with Gasteiger partial charge >= 0.3 is 0 Å². The maximum atomic E-state index is 12.4. The molecule has 0 bridgehead atoms. The number of aryl methyl sites for hydroxylation is 1. The van der Waals surface area contributed by atoms with E-state index in [1.54, 1.807) is 25.3 Å². The Balaban J connectivity index is 1.76. The number of nitrogens with one attached hydrogen (secondary N) is 1. The van der Waals surface area contributed by atoms with Crippen molar-refractivity contribution in [2.24, 2.45) is 0 Å². The van der Waals surface area contributed by atoms with Gasteiger partial charge in [0.1, 0.15) is 6.61 Å². The van der Waals surface area contributed by atoms with E-state index in [4.69, 9.17) is 32.7 Å². The minimum Gasteiger partial charge on any atom is -0.493 e. The Kier molecular flexibility index (Phi) is 7.39. The molecular weight excluding hydrogens is 421 g/mol. The van der Waals surface area contributed by atoms with E-state index >= 15 is 0 Å². The summed E-state index contributed by atoms with van der Waals surface area (Å²) in [4.78, 5) is 12.4. The summed E-state index contributed by atoms with van der Waals surface area (Å²) in [6.07, 6.45) is 3.14. The third-order valence-corrected chi connectivity index (χ3v) is 4.88. The van der Waals surface area contributed by atoms with E-state index in [0.29, 0.717) is 33.8 Å². The summed E-state index contributed by atoms with van der Waals surface area (Å²) in [6.45, 7) is 2.24. The van der Waals surface area contributed by atoms with Gasteiger partial charge in [0.05, 0.1) is 7.11 Å². The quantitative estimate of drug-likeness (QED) is 0.423. The zero-order valence-electron chi connectivity index (χ0n) is 16.6. The first-order valence-corrected chi connectivity index (χ1v) is 10.0. The number of carbonyl (C=O) groups is 1. The Hall–Kier alpha value is -2.95. The minimum absolute atomic E-state index is 0.271. The number of hydrogen-bond acceptors (Lipinski definition) is 3. The number of rotatable bonds is 7. The van der Waals surface area contributed by atoms with Crippen molar-refractivity contribution in [2.45, 2.75) is 13.5 Å². The first kappa shape index (κ1) is 21.8. The molecule has 0 spiro atoms. The van der Waals surface area contributed by atoms with Crippen LogP contribution in [0.2, 0.25) is 10.0 Å². The average Bonchev–Trinajstić information content (AvgIpc) is 2.74. The Labute approximate surface area is 186 Å². The molecule has 1 N–H and O–H groups in total. The highest BCUT2D eigenvalue weighted by Gasteiger charge is 2.10. The number of hydrogen-bond donors (Lipinski definition) is 1. The number of anilines is 1. The monoisotopic (exact) mass is 441 g/mol. The average molecular weight is 442 g/mol. The maximum Gasteiger partial charge on any atom is 0.248 e. The van der Waals surface area contributed by atoms with E-state index in [9.17, 15) is 4.79 Å². The van der Waals surface area contributed by atoms with Gasteiger partial charge in [-0.25, -0.2) is 0 Å². The van der Waals surface area contributed by atoms with E-state index in [2.05, 4.69) is 5.32 Å². The largest absolute Gasteiger partial charge is 0.493 e. The highest BCUT2D eigenvalue weighted by molar-refractivity contribution is 6.31. The van der Waals surface area contributed by atoms with Gasteiger partial charge < -0.3 is 14.8 Å². The van der Waals surface area contributed by atoms with Crippen molar-refractivity contribution in [3.63, 3.8) is 0 Å². The van der Waals surface area contributed by atoms with Gasteiger partial charge in [-0.1, -0.05) is 53.5 Å². The number of carbonyl (C=O) groups excluding carboxylic acids is 1. The van der Waals surface area contributed by atoms with Gasteiger partial charge in [-0.2, -0.15) is 0 Å². The lowest BCUT2D eigenvalue weighted by Gasteiger charge is -2.13. The number of para-hydroxylation sites is 1. The molecule has 30 heavy (non-hydrogen) atoms. The van der Waals surface area contributed by atoms with E-state index in [1.165, 1.54) is 6.08 Å². The number of amides is 1. The van der Waals surface area contributed by atoms with Crippen LogP contribution >= 0.6 is 23.2 Å². The highest BCUT2D eigenvalue weighted by Crippen LogP contribution is 2.33. The Morgan fingerprint density at radius 1 is 1.03 bits per heavy atom. The molecule has 0 aliphatic carbocycles. The molecule has 0 aromatic heterocycles. The molecule has 3 rings (SSSR count). The molecule has 3 aromatic rings. The third-order valence-electron chi connectivity index (χ3n) is 4.40. The van der Waals surface area contributed by atoms with Gasteiger partial charge in [0.15, 0.2) is 11.5 Å². The van der Waals surface area contributed by atoms with Crippen molar-refractivity contribution < 1.29 is 14.3 Å². The molecule has 154 valence electrons. The zero-order valence-corrected chi connectivity index (χ0v) is 18.1. The van der Waals surface area contributed by atoms with Crippen LogP contribution < -0.4 is 14.8 Å². The summed E-state index contributed by atoms with van der Waals surface area (Å²) in [5, 5.41) is 4.07. The van der Waals surface area contributed by atoms with Crippen molar-refractivity contribution in [2.75, 3.05) is 12.4 Å². The lowest BCUT2D eigenvalue weighted by Crippen LogP contribution is -2.09. The van der Waals surface area contributed by atoms with E-state index < -0.39 is 0 Å². The SMILES string of the molecule is COc1cccc(/C=C/C(=O)Nc2cc(Cl)ccc2C)c1OCc1ccc(Cl)cc1. The van der Waals surface area contributed by atoms with E-state index in [-0.39, 0.29) is 5.91 Å². The van der Waals surface area contributed by atoms with Crippen molar-refractivity contribution in [3.8, 4) is 11.5 Å². The second kappa shape index (κ2) is 10.2. The van der Waals surface area contributed by atoms with Gasteiger partial charge in [-0.15, -0.1) is 0 Å². The van der Waals surface area contributed by atoms with Crippen LogP contribution in [0.25, 0.3) is 6.08 Å². The predicted octanol–water partition coefficient (Wildman–Crippen LogP) is 6.54. The number of ether oxygens (including phenoxy) is 2. The minimum atomic E-state index is -0.271. The van der Waals surface area contributed by atoms with Crippen LogP contribution in [0.3, 0.4) is 0 Å². The third kappa shape index (κ3) is 5.78. The number of halogens is 2. The molecule has 0 fully saturated rings. The molecule has 4 nitrogen and oxygen atoms in total. The molecule has 0 saturated heterocycles. The Morgan fingerprint density at radius 3 is 2.50 bits per heavy atom. The van der Waals surface area contributed by atoms with Gasteiger partial charge in [-0.3, -0.25) is 4.79 Å². The first-order valence-electron chi connectivity index (χ1n) is 9.25. The molecule has 0 atom stereocenters. The maximum absolute atomic E-state index is 12.4. The smallest absolute Gasteiger partial charge is 0.248 e. The molecule has 0 aliphatic heterocycles. The summed E-state index contributed by atoms with van der Waals surface area (Å²) in [5.74, 6) is 0.863. The zero-order chi connectivity index (χ0) is 21.5. The van der Waals surface area contributed by atoms with Crippen LogP contribution in [0.5, 0.6) is 11.5 Å². The predicted molar refractivity (Wildman–Crippen MR) is 123 cm³/mol. The lowest BCUT2D eigenvalue weighted by molar-refractivity contribution is -0.111. The normalized spacial score (nSPS) is 10.8. The second-order valence-electron chi connectivity index (χ2n) is 6.58. The molecule has 0 unspecified atom stereocenters. The number of methoxy groups -OCH3 is 1. The molecule has 0 heterocycles. The van der Waals surface area contributed by atoms with Crippen LogP contribution in [-0.2, 0) is 11.4 Å². The summed E-state index contributed by atoms with van der Waals surface area (Å²) in [5.41, 5.74) is 3.28. The van der Waals surface area contributed by atoms with Gasteiger partial charge in [0.2, 0.25) is 5.91 Å². The summed E-state index contributed by atoms with van der Waals surface area (Å²) in [6, 6.07) is 18.3. The molecule has 0 saturated carbocycles. The van der Waals surface area contributed by atoms with E-state index in [1.807, 2.05) is 55.5 Å². The highest BCUT2D eigenvalue weighted by atomic mass is 35.5. The van der Waals surface area contributed by atoms with Crippen molar-refractivity contribution in [3.05, 3.63) is 93.5 Å². The lowest BCUT2D eigenvalue weighted by atomic mass is 10.1. The molecule has 1 amide bonds. The molecule has 6 heteroatoms. The van der Waals surface area contributed by atoms with Crippen molar-refractivity contribution in [1.29, 1.82) is 0 Å². The topological polar surface area (TPSA) is 47.6 Å². The summed E-state index contributed by atoms with van der Waals surface area (Å²) < 4.78 is 11.4. The van der Waals surface area contributed by atoms with Crippen molar-refractivity contribution >= 4 is 40.9 Å². The second-order valence-corrected chi connectivity index (χ2v) is 7.45. The molecule has 0 aliphatic rings. The number of benzene rings is 3. The molecule has 3 aromatic carbocycles.